The SMILES string of the molecule is COc1ccc(CN2CCCC2CCCO)cc1C#N. The molecule has 0 spiro atoms. The minimum Gasteiger partial charge on any atom is -0.495 e. The van der Waals surface area contributed by atoms with Crippen LogP contribution in [0, 0.1) is 11.3 Å². The highest BCUT2D eigenvalue weighted by molar-refractivity contribution is 5.45. The van der Waals surface area contributed by atoms with E-state index in [9.17, 15) is 0 Å². The van der Waals surface area contributed by atoms with Gasteiger partial charge in [0, 0.05) is 19.2 Å². The van der Waals surface area contributed by atoms with Crippen molar-refractivity contribution in [3.8, 4) is 11.8 Å². The van der Waals surface area contributed by atoms with Crippen molar-refractivity contribution in [2.24, 2.45) is 0 Å². The van der Waals surface area contributed by atoms with Crippen LogP contribution < -0.4 is 4.74 Å². The number of nitrogens with zero attached hydrogens (tertiary/aromatic N) is 2. The Hall–Kier alpha value is -1.57. The van der Waals surface area contributed by atoms with Gasteiger partial charge in [-0.1, -0.05) is 6.07 Å². The van der Waals surface area contributed by atoms with Gasteiger partial charge in [-0.05, 0) is 49.9 Å². The Morgan fingerprint density at radius 2 is 2.35 bits per heavy atom. The second kappa shape index (κ2) is 7.28. The maximum Gasteiger partial charge on any atom is 0.136 e. The van der Waals surface area contributed by atoms with Crippen molar-refractivity contribution in [3.63, 3.8) is 0 Å². The van der Waals surface area contributed by atoms with Gasteiger partial charge in [-0.2, -0.15) is 5.26 Å². The number of aliphatic hydroxyl groups excluding tert-OH is 1. The molecule has 4 heteroatoms. The molecule has 0 bridgehead atoms. The third-order valence-electron chi connectivity index (χ3n) is 3.96. The summed E-state index contributed by atoms with van der Waals surface area (Å²) in [5.74, 6) is 0.634. The topological polar surface area (TPSA) is 56.5 Å². The Bertz CT molecular complexity index is 482. The Kier molecular flexibility index (Phi) is 5.40. The van der Waals surface area contributed by atoms with E-state index in [1.807, 2.05) is 18.2 Å². The zero-order chi connectivity index (χ0) is 14.4. The van der Waals surface area contributed by atoms with Gasteiger partial charge in [-0.25, -0.2) is 0 Å². The lowest BCUT2D eigenvalue weighted by Crippen LogP contribution is -2.29. The summed E-state index contributed by atoms with van der Waals surface area (Å²) in [7, 11) is 1.58. The first-order valence-electron chi connectivity index (χ1n) is 7.20. The number of methoxy groups -OCH3 is 1. The molecule has 0 aromatic heterocycles. The monoisotopic (exact) mass is 274 g/mol. The van der Waals surface area contributed by atoms with Crippen LogP contribution in [-0.4, -0.2) is 36.3 Å². The van der Waals surface area contributed by atoms with E-state index in [-0.39, 0.29) is 6.61 Å². The summed E-state index contributed by atoms with van der Waals surface area (Å²) in [5, 5.41) is 18.1. The first kappa shape index (κ1) is 14.8. The first-order chi connectivity index (χ1) is 9.78. The van der Waals surface area contributed by atoms with Crippen LogP contribution in [0.3, 0.4) is 0 Å². The highest BCUT2D eigenvalue weighted by Gasteiger charge is 2.24. The van der Waals surface area contributed by atoms with E-state index < -0.39 is 0 Å². The molecule has 0 aliphatic carbocycles. The molecule has 1 aromatic carbocycles. The molecule has 1 fully saturated rings. The van der Waals surface area contributed by atoms with E-state index in [4.69, 9.17) is 15.1 Å². The predicted octanol–water partition coefficient (Wildman–Crippen LogP) is 2.30. The fourth-order valence-corrected chi connectivity index (χ4v) is 2.93. The van der Waals surface area contributed by atoms with Crippen LogP contribution in [0.5, 0.6) is 5.75 Å². The van der Waals surface area contributed by atoms with Gasteiger partial charge in [-0.15, -0.1) is 0 Å². The van der Waals surface area contributed by atoms with Crippen molar-refractivity contribution in [2.45, 2.75) is 38.3 Å². The summed E-state index contributed by atoms with van der Waals surface area (Å²) in [5.41, 5.74) is 1.74. The van der Waals surface area contributed by atoms with Crippen LogP contribution in [0.25, 0.3) is 0 Å². The normalized spacial score (nSPS) is 18.9. The molecule has 1 aromatic rings. The largest absolute Gasteiger partial charge is 0.495 e. The van der Waals surface area contributed by atoms with Crippen molar-refractivity contribution in [1.29, 1.82) is 5.26 Å². The Balaban J connectivity index is 2.04. The smallest absolute Gasteiger partial charge is 0.136 e. The highest BCUT2D eigenvalue weighted by atomic mass is 16.5. The quantitative estimate of drug-likeness (QED) is 0.865. The zero-order valence-corrected chi connectivity index (χ0v) is 12.0. The van der Waals surface area contributed by atoms with E-state index in [1.165, 1.54) is 12.8 Å². The van der Waals surface area contributed by atoms with Gasteiger partial charge < -0.3 is 9.84 Å². The van der Waals surface area contributed by atoms with Crippen LogP contribution in [0.15, 0.2) is 18.2 Å². The lowest BCUT2D eigenvalue weighted by atomic mass is 10.1. The minimum atomic E-state index is 0.269. The van der Waals surface area contributed by atoms with E-state index in [1.54, 1.807) is 7.11 Å². The molecule has 4 nitrogen and oxygen atoms in total. The molecule has 2 rings (SSSR count). The lowest BCUT2D eigenvalue weighted by molar-refractivity contribution is 0.210. The van der Waals surface area contributed by atoms with Gasteiger partial charge in [0.1, 0.15) is 11.8 Å². The van der Waals surface area contributed by atoms with Gasteiger partial charge in [0.2, 0.25) is 0 Å². The fourth-order valence-electron chi connectivity index (χ4n) is 2.93. The van der Waals surface area contributed by atoms with E-state index in [0.29, 0.717) is 17.4 Å². The number of aliphatic hydroxyl groups is 1. The van der Waals surface area contributed by atoms with Gasteiger partial charge in [0.05, 0.1) is 12.7 Å². The van der Waals surface area contributed by atoms with Crippen LogP contribution in [0.4, 0.5) is 0 Å². The van der Waals surface area contributed by atoms with Crippen molar-refractivity contribution < 1.29 is 9.84 Å². The molecule has 1 aliphatic heterocycles. The summed E-state index contributed by atoms with van der Waals surface area (Å²) < 4.78 is 5.17. The summed E-state index contributed by atoms with van der Waals surface area (Å²) in [6.45, 7) is 2.24. The molecule has 1 saturated heterocycles. The highest BCUT2D eigenvalue weighted by Crippen LogP contribution is 2.25. The predicted molar refractivity (Wildman–Crippen MR) is 77.5 cm³/mol. The number of hydrogen-bond donors (Lipinski definition) is 1. The third kappa shape index (κ3) is 3.50. The molecule has 1 heterocycles. The van der Waals surface area contributed by atoms with Crippen molar-refractivity contribution in [3.05, 3.63) is 29.3 Å². The van der Waals surface area contributed by atoms with Gasteiger partial charge in [0.25, 0.3) is 0 Å². The van der Waals surface area contributed by atoms with E-state index >= 15 is 0 Å². The standard InChI is InChI=1S/C16H22N2O2/c1-20-16-7-6-13(10-14(16)11-17)12-18-8-2-4-15(18)5-3-9-19/h6-7,10,15,19H,2-5,8-9,12H2,1H3. The molecule has 1 N–H and O–H groups in total. The van der Waals surface area contributed by atoms with Crippen molar-refractivity contribution in [2.75, 3.05) is 20.3 Å². The average Bonchev–Trinajstić information content (AvgIpc) is 2.92. The fraction of sp³-hybridized carbons (Fsp3) is 0.562. The maximum atomic E-state index is 9.13. The van der Waals surface area contributed by atoms with E-state index in [2.05, 4.69) is 11.0 Å². The van der Waals surface area contributed by atoms with Crippen molar-refractivity contribution in [1.82, 2.24) is 4.90 Å². The van der Waals surface area contributed by atoms with E-state index in [0.717, 1.165) is 31.5 Å². The summed E-state index contributed by atoms with van der Waals surface area (Å²) in [4.78, 5) is 2.46. The number of hydrogen-bond acceptors (Lipinski definition) is 4. The molecule has 1 aliphatic rings. The Morgan fingerprint density at radius 3 is 3.05 bits per heavy atom. The average molecular weight is 274 g/mol. The maximum absolute atomic E-state index is 9.13. The van der Waals surface area contributed by atoms with Crippen LogP contribution in [0.2, 0.25) is 0 Å². The number of likely N-dealkylation sites (tertiary alicyclic amines) is 1. The number of benzene rings is 1. The molecule has 1 atom stereocenters. The minimum absolute atomic E-state index is 0.269. The summed E-state index contributed by atoms with van der Waals surface area (Å²) in [6.07, 6.45) is 4.35. The van der Waals surface area contributed by atoms with Gasteiger partial charge >= 0.3 is 0 Å². The van der Waals surface area contributed by atoms with Gasteiger partial charge in [0.15, 0.2) is 0 Å². The Labute approximate surface area is 120 Å². The van der Waals surface area contributed by atoms with Crippen LogP contribution in [-0.2, 0) is 6.54 Å². The number of nitriles is 1. The number of ether oxygens (including phenoxy) is 1. The van der Waals surface area contributed by atoms with Crippen molar-refractivity contribution >= 4 is 0 Å². The second-order valence-corrected chi connectivity index (χ2v) is 5.28. The molecule has 0 radical (unpaired) electrons. The zero-order valence-electron chi connectivity index (χ0n) is 12.0. The number of rotatable bonds is 6. The second-order valence-electron chi connectivity index (χ2n) is 5.28. The van der Waals surface area contributed by atoms with Crippen LogP contribution in [0.1, 0.15) is 36.8 Å². The summed E-state index contributed by atoms with van der Waals surface area (Å²) >= 11 is 0. The lowest BCUT2D eigenvalue weighted by Gasteiger charge is -2.24. The first-order valence-corrected chi connectivity index (χ1v) is 7.20. The van der Waals surface area contributed by atoms with Crippen LogP contribution >= 0.6 is 0 Å². The molecule has 20 heavy (non-hydrogen) atoms. The summed E-state index contributed by atoms with van der Waals surface area (Å²) in [6, 6.07) is 8.56. The molecule has 108 valence electrons. The molecule has 0 amide bonds. The van der Waals surface area contributed by atoms with Gasteiger partial charge in [-0.3, -0.25) is 4.90 Å². The molecule has 0 saturated carbocycles. The molecular formula is C16H22N2O2. The Morgan fingerprint density at radius 1 is 1.50 bits per heavy atom. The molecular weight excluding hydrogens is 252 g/mol. The third-order valence-corrected chi connectivity index (χ3v) is 3.96. The molecule has 1 unspecified atom stereocenters.